The molecule has 0 aliphatic heterocycles. The molecule has 1 N–H and O–H groups in total. The van der Waals surface area contributed by atoms with Gasteiger partial charge in [-0.15, -0.1) is 0 Å². The summed E-state index contributed by atoms with van der Waals surface area (Å²) in [7, 11) is 1.78. The van der Waals surface area contributed by atoms with Crippen LogP contribution in [-0.4, -0.2) is 41.3 Å². The molecular weight excluding hydrogens is 266 g/mol. The van der Waals surface area contributed by atoms with Crippen molar-refractivity contribution in [2.75, 3.05) is 13.6 Å². The van der Waals surface area contributed by atoms with Crippen molar-refractivity contribution in [1.82, 2.24) is 15.2 Å². The lowest BCUT2D eigenvalue weighted by Gasteiger charge is -2.17. The number of unbranched alkanes of at least 4 members (excludes halogenated alkanes) is 1. The first-order chi connectivity index (χ1) is 9.99. The van der Waals surface area contributed by atoms with E-state index in [-0.39, 0.29) is 23.6 Å². The Hall–Kier alpha value is -1.91. The van der Waals surface area contributed by atoms with Crippen molar-refractivity contribution in [1.29, 1.82) is 0 Å². The number of pyridine rings is 1. The van der Waals surface area contributed by atoms with Crippen LogP contribution in [0, 0.1) is 0 Å². The molecule has 0 spiro atoms. The van der Waals surface area contributed by atoms with Gasteiger partial charge in [-0.05, 0) is 31.9 Å². The number of amides is 2. The average molecular weight is 291 g/mol. The molecule has 21 heavy (non-hydrogen) atoms. The molecule has 2 amide bonds. The molecule has 0 aliphatic carbocycles. The maximum atomic E-state index is 12.3. The molecular formula is C16H25N3O2. The Kier molecular flexibility index (Phi) is 6.85. The number of nitrogens with one attached hydrogen (secondary N) is 1. The number of carbonyl (C=O) groups is 2. The van der Waals surface area contributed by atoms with E-state index in [1.54, 1.807) is 24.1 Å². The van der Waals surface area contributed by atoms with Crippen LogP contribution in [0.5, 0.6) is 0 Å². The van der Waals surface area contributed by atoms with Crippen LogP contribution < -0.4 is 5.32 Å². The van der Waals surface area contributed by atoms with E-state index in [1.807, 2.05) is 13.8 Å². The molecule has 1 atom stereocenters. The molecule has 1 heterocycles. The molecule has 0 aromatic carbocycles. The highest BCUT2D eigenvalue weighted by Crippen LogP contribution is 2.07. The highest BCUT2D eigenvalue weighted by Gasteiger charge is 2.15. The van der Waals surface area contributed by atoms with Gasteiger partial charge in [-0.1, -0.05) is 20.3 Å². The fraction of sp³-hybridized carbons (Fsp3) is 0.562. The molecule has 1 unspecified atom stereocenters. The zero-order chi connectivity index (χ0) is 15.8. The Balaban J connectivity index is 2.80. The summed E-state index contributed by atoms with van der Waals surface area (Å²) in [4.78, 5) is 30.0. The van der Waals surface area contributed by atoms with Crippen molar-refractivity contribution >= 4 is 11.8 Å². The van der Waals surface area contributed by atoms with E-state index in [1.165, 1.54) is 6.20 Å². The summed E-state index contributed by atoms with van der Waals surface area (Å²) in [6, 6.07) is 3.29. The second kappa shape index (κ2) is 8.39. The first-order valence-electron chi connectivity index (χ1n) is 7.51. The van der Waals surface area contributed by atoms with E-state index in [9.17, 15) is 9.59 Å². The first kappa shape index (κ1) is 17.1. The lowest BCUT2D eigenvalue weighted by atomic mass is 10.2. The average Bonchev–Trinajstić information content (AvgIpc) is 2.51. The predicted octanol–water partition coefficient (Wildman–Crippen LogP) is 2.48. The van der Waals surface area contributed by atoms with E-state index in [4.69, 9.17) is 0 Å². The van der Waals surface area contributed by atoms with Gasteiger partial charge in [0, 0.05) is 31.4 Å². The van der Waals surface area contributed by atoms with Crippen molar-refractivity contribution in [3.63, 3.8) is 0 Å². The molecule has 1 aromatic heterocycles. The fourth-order valence-corrected chi connectivity index (χ4v) is 1.80. The Labute approximate surface area is 126 Å². The van der Waals surface area contributed by atoms with E-state index < -0.39 is 0 Å². The van der Waals surface area contributed by atoms with E-state index in [2.05, 4.69) is 17.2 Å². The molecule has 0 bridgehead atoms. The van der Waals surface area contributed by atoms with Crippen LogP contribution in [0.2, 0.25) is 0 Å². The summed E-state index contributed by atoms with van der Waals surface area (Å²) in [6.07, 6.45) is 4.36. The van der Waals surface area contributed by atoms with E-state index in [0.29, 0.717) is 12.1 Å². The first-order valence-corrected chi connectivity index (χ1v) is 7.51. The molecule has 0 saturated heterocycles. The molecule has 0 saturated carbocycles. The summed E-state index contributed by atoms with van der Waals surface area (Å²) < 4.78 is 0. The van der Waals surface area contributed by atoms with Crippen LogP contribution in [0.25, 0.3) is 0 Å². The number of carbonyl (C=O) groups excluding carboxylic acids is 2. The van der Waals surface area contributed by atoms with Crippen LogP contribution in [0.1, 0.15) is 60.9 Å². The van der Waals surface area contributed by atoms with Gasteiger partial charge < -0.3 is 10.2 Å². The van der Waals surface area contributed by atoms with Gasteiger partial charge in [-0.2, -0.15) is 0 Å². The minimum atomic E-state index is -0.241. The van der Waals surface area contributed by atoms with Crippen molar-refractivity contribution in [3.05, 3.63) is 29.6 Å². The molecule has 116 valence electrons. The Morgan fingerprint density at radius 2 is 2.10 bits per heavy atom. The molecule has 0 fully saturated rings. The van der Waals surface area contributed by atoms with E-state index in [0.717, 1.165) is 19.3 Å². The highest BCUT2D eigenvalue weighted by atomic mass is 16.2. The van der Waals surface area contributed by atoms with Crippen LogP contribution in [0.15, 0.2) is 18.3 Å². The number of rotatable bonds is 7. The normalized spacial score (nSPS) is 11.8. The highest BCUT2D eigenvalue weighted by molar-refractivity contribution is 5.98. The van der Waals surface area contributed by atoms with Gasteiger partial charge in [-0.25, -0.2) is 0 Å². The van der Waals surface area contributed by atoms with Crippen molar-refractivity contribution in [2.24, 2.45) is 0 Å². The monoisotopic (exact) mass is 291 g/mol. The summed E-state index contributed by atoms with van der Waals surface area (Å²) in [5, 5.41) is 2.85. The maximum Gasteiger partial charge on any atom is 0.270 e. The van der Waals surface area contributed by atoms with Gasteiger partial charge in [-0.3, -0.25) is 14.6 Å². The minimum absolute atomic E-state index is 0.0801. The van der Waals surface area contributed by atoms with Crippen molar-refractivity contribution in [3.8, 4) is 0 Å². The Bertz CT molecular complexity index is 488. The number of nitrogens with zero attached hydrogens (tertiary/aromatic N) is 2. The predicted molar refractivity (Wildman–Crippen MR) is 83.3 cm³/mol. The second-order valence-electron chi connectivity index (χ2n) is 5.29. The van der Waals surface area contributed by atoms with Crippen molar-refractivity contribution < 1.29 is 9.59 Å². The quantitative estimate of drug-likeness (QED) is 0.839. The molecule has 0 aliphatic rings. The van der Waals surface area contributed by atoms with Gasteiger partial charge in [0.1, 0.15) is 5.69 Å². The zero-order valence-corrected chi connectivity index (χ0v) is 13.3. The smallest absolute Gasteiger partial charge is 0.270 e. The summed E-state index contributed by atoms with van der Waals surface area (Å²) in [5.41, 5.74) is 0.781. The summed E-state index contributed by atoms with van der Waals surface area (Å²) >= 11 is 0. The van der Waals surface area contributed by atoms with Gasteiger partial charge in [0.15, 0.2) is 0 Å². The molecule has 5 nitrogen and oxygen atoms in total. The summed E-state index contributed by atoms with van der Waals surface area (Å²) in [5.74, 6) is -0.321. The third kappa shape index (κ3) is 5.17. The lowest BCUT2D eigenvalue weighted by Crippen LogP contribution is -2.33. The Morgan fingerprint density at radius 1 is 1.38 bits per heavy atom. The van der Waals surface area contributed by atoms with Crippen LogP contribution >= 0.6 is 0 Å². The SMILES string of the molecule is CCCCN(C)C(=O)c1ccnc(C(=O)NC(C)CC)c1. The maximum absolute atomic E-state index is 12.3. The lowest BCUT2D eigenvalue weighted by molar-refractivity contribution is 0.0793. The molecule has 5 heteroatoms. The second-order valence-corrected chi connectivity index (χ2v) is 5.29. The van der Waals surface area contributed by atoms with Crippen molar-refractivity contribution in [2.45, 2.75) is 46.1 Å². The van der Waals surface area contributed by atoms with Crippen LogP contribution in [0.3, 0.4) is 0 Å². The molecule has 1 rings (SSSR count). The van der Waals surface area contributed by atoms with Crippen LogP contribution in [-0.2, 0) is 0 Å². The number of aromatic nitrogens is 1. The minimum Gasteiger partial charge on any atom is -0.348 e. The molecule has 0 radical (unpaired) electrons. The third-order valence-corrected chi connectivity index (χ3v) is 3.42. The van der Waals surface area contributed by atoms with Crippen LogP contribution in [0.4, 0.5) is 0 Å². The molecule has 1 aromatic rings. The third-order valence-electron chi connectivity index (χ3n) is 3.42. The van der Waals surface area contributed by atoms with E-state index >= 15 is 0 Å². The van der Waals surface area contributed by atoms with Gasteiger partial charge >= 0.3 is 0 Å². The van der Waals surface area contributed by atoms with Gasteiger partial charge in [0.25, 0.3) is 11.8 Å². The van der Waals surface area contributed by atoms with Gasteiger partial charge in [0.05, 0.1) is 0 Å². The van der Waals surface area contributed by atoms with Gasteiger partial charge in [0.2, 0.25) is 0 Å². The summed E-state index contributed by atoms with van der Waals surface area (Å²) in [6.45, 7) is 6.74. The Morgan fingerprint density at radius 3 is 2.71 bits per heavy atom. The zero-order valence-electron chi connectivity index (χ0n) is 13.3. The topological polar surface area (TPSA) is 62.3 Å². The fourth-order valence-electron chi connectivity index (χ4n) is 1.80. The largest absolute Gasteiger partial charge is 0.348 e. The number of hydrogen-bond donors (Lipinski definition) is 1. The number of hydrogen-bond acceptors (Lipinski definition) is 3. The standard InChI is InChI=1S/C16H25N3O2/c1-5-7-10-19(4)16(21)13-8-9-17-14(11-13)15(20)18-12(3)6-2/h8-9,11-12H,5-7,10H2,1-4H3,(H,18,20).